The van der Waals surface area contributed by atoms with Crippen LogP contribution in [0.3, 0.4) is 0 Å². The molecule has 0 radical (unpaired) electrons. The van der Waals surface area contributed by atoms with Crippen LogP contribution in [0.15, 0.2) is 54.6 Å². The molecular weight excluding hydrogens is 432 g/mol. The lowest BCUT2D eigenvalue weighted by Crippen LogP contribution is -2.49. The molecule has 4 fully saturated rings. The molecule has 5 heteroatoms. The van der Waals surface area contributed by atoms with Gasteiger partial charge >= 0.3 is 0 Å². The van der Waals surface area contributed by atoms with Crippen LogP contribution in [-0.4, -0.2) is 73.0 Å². The standard InChI is InChI=1S/C30H40N4O/c35-29(34-20-18-32(19-21-34)23-25-6-2-1-3-7-25)28-22-30(28)12-16-31(17-13-30)24-26-8-10-27(11-9-26)33-14-4-5-15-33/h1-3,6-11,28H,4-5,12-24H2/t28-/m0/s1. The molecule has 2 aromatic rings. The van der Waals surface area contributed by atoms with Gasteiger partial charge in [-0.2, -0.15) is 0 Å². The van der Waals surface area contributed by atoms with Gasteiger partial charge in [0.1, 0.15) is 0 Å². The predicted octanol–water partition coefficient (Wildman–Crippen LogP) is 4.23. The molecule has 3 saturated heterocycles. The van der Waals surface area contributed by atoms with E-state index in [0.29, 0.717) is 11.3 Å². The quantitative estimate of drug-likeness (QED) is 0.629. The van der Waals surface area contributed by atoms with Crippen LogP contribution >= 0.6 is 0 Å². The van der Waals surface area contributed by atoms with Crippen LogP contribution in [0.2, 0.25) is 0 Å². The molecule has 6 rings (SSSR count). The third kappa shape index (κ3) is 5.12. The summed E-state index contributed by atoms with van der Waals surface area (Å²) in [4.78, 5) is 23.0. The van der Waals surface area contributed by atoms with Crippen LogP contribution in [0.25, 0.3) is 0 Å². The molecule has 1 aliphatic carbocycles. The minimum absolute atomic E-state index is 0.282. The van der Waals surface area contributed by atoms with Crippen LogP contribution < -0.4 is 4.90 Å². The van der Waals surface area contributed by atoms with Crippen molar-refractivity contribution >= 4 is 11.6 Å². The fraction of sp³-hybridized carbons (Fsp3) is 0.567. The van der Waals surface area contributed by atoms with Crippen molar-refractivity contribution in [3.8, 4) is 0 Å². The first-order valence-electron chi connectivity index (χ1n) is 13.8. The number of anilines is 1. The maximum atomic E-state index is 13.3. The molecule has 1 amide bonds. The predicted molar refractivity (Wildman–Crippen MR) is 141 cm³/mol. The Bertz CT molecular complexity index is 985. The number of piperidine rings is 1. The first-order valence-corrected chi connectivity index (χ1v) is 13.8. The number of rotatable bonds is 6. The molecule has 1 saturated carbocycles. The summed E-state index contributed by atoms with van der Waals surface area (Å²) in [5, 5.41) is 0. The van der Waals surface area contributed by atoms with E-state index in [1.54, 1.807) is 0 Å². The number of likely N-dealkylation sites (tertiary alicyclic amines) is 1. The fourth-order valence-corrected chi connectivity index (χ4v) is 6.64. The monoisotopic (exact) mass is 472 g/mol. The highest BCUT2D eigenvalue weighted by Gasteiger charge is 2.59. The molecule has 5 nitrogen and oxygen atoms in total. The lowest BCUT2D eigenvalue weighted by atomic mass is 9.90. The molecule has 3 heterocycles. The molecule has 35 heavy (non-hydrogen) atoms. The minimum Gasteiger partial charge on any atom is -0.372 e. The van der Waals surface area contributed by atoms with Gasteiger partial charge in [0.15, 0.2) is 0 Å². The number of hydrogen-bond donors (Lipinski definition) is 0. The topological polar surface area (TPSA) is 30.0 Å². The molecular formula is C30H40N4O. The number of nitrogens with zero attached hydrogens (tertiary/aromatic N) is 4. The van der Waals surface area contributed by atoms with Crippen LogP contribution in [0.5, 0.6) is 0 Å². The first-order chi connectivity index (χ1) is 17.2. The lowest BCUT2D eigenvalue weighted by molar-refractivity contribution is -0.135. The number of hydrogen-bond acceptors (Lipinski definition) is 4. The minimum atomic E-state index is 0.282. The van der Waals surface area contributed by atoms with Gasteiger partial charge < -0.3 is 9.80 Å². The van der Waals surface area contributed by atoms with Gasteiger partial charge in [0.05, 0.1) is 0 Å². The van der Waals surface area contributed by atoms with Crippen molar-refractivity contribution in [1.82, 2.24) is 14.7 Å². The second-order valence-corrected chi connectivity index (χ2v) is 11.3. The first kappa shape index (κ1) is 23.1. The van der Waals surface area contributed by atoms with Crippen LogP contribution in [-0.2, 0) is 17.9 Å². The highest BCUT2D eigenvalue weighted by Crippen LogP contribution is 2.60. The van der Waals surface area contributed by atoms with Gasteiger partial charge in [-0.3, -0.25) is 14.6 Å². The molecule has 2 aromatic carbocycles. The Morgan fingerprint density at radius 1 is 0.714 bits per heavy atom. The van der Waals surface area contributed by atoms with E-state index >= 15 is 0 Å². The number of carbonyl (C=O) groups excluding carboxylic acids is 1. The fourth-order valence-electron chi connectivity index (χ4n) is 6.64. The largest absolute Gasteiger partial charge is 0.372 e. The average Bonchev–Trinajstić information content (AvgIpc) is 3.31. The smallest absolute Gasteiger partial charge is 0.226 e. The van der Waals surface area contributed by atoms with Gasteiger partial charge in [0.25, 0.3) is 0 Å². The zero-order chi connectivity index (χ0) is 23.7. The summed E-state index contributed by atoms with van der Waals surface area (Å²) in [5.74, 6) is 0.723. The van der Waals surface area contributed by atoms with E-state index in [0.717, 1.165) is 58.8 Å². The molecule has 186 valence electrons. The average molecular weight is 473 g/mol. The summed E-state index contributed by atoms with van der Waals surface area (Å²) < 4.78 is 0. The molecule has 0 unspecified atom stereocenters. The Morgan fingerprint density at radius 3 is 1.97 bits per heavy atom. The maximum absolute atomic E-state index is 13.3. The number of carbonyl (C=O) groups is 1. The summed E-state index contributed by atoms with van der Waals surface area (Å²) in [6.45, 7) is 10.5. The maximum Gasteiger partial charge on any atom is 0.226 e. The molecule has 1 spiro atoms. The van der Waals surface area contributed by atoms with Crippen LogP contribution in [0.4, 0.5) is 5.69 Å². The van der Waals surface area contributed by atoms with E-state index in [1.165, 1.54) is 55.6 Å². The van der Waals surface area contributed by atoms with Crippen LogP contribution in [0, 0.1) is 11.3 Å². The third-order valence-electron chi connectivity index (χ3n) is 9.09. The SMILES string of the molecule is O=C([C@@H]1CC12CCN(Cc1ccc(N3CCCC3)cc1)CC2)N1CCN(Cc2ccccc2)CC1. The van der Waals surface area contributed by atoms with E-state index < -0.39 is 0 Å². The highest BCUT2D eigenvalue weighted by molar-refractivity contribution is 5.83. The highest BCUT2D eigenvalue weighted by atomic mass is 16.2. The van der Waals surface area contributed by atoms with Gasteiger partial charge in [-0.05, 0) is 73.9 Å². The second-order valence-electron chi connectivity index (χ2n) is 11.3. The second kappa shape index (κ2) is 9.94. The summed E-state index contributed by atoms with van der Waals surface area (Å²) >= 11 is 0. The van der Waals surface area contributed by atoms with Gasteiger partial charge in [-0.1, -0.05) is 42.5 Å². The zero-order valence-corrected chi connectivity index (χ0v) is 21.1. The van der Waals surface area contributed by atoms with Crippen molar-refractivity contribution in [3.63, 3.8) is 0 Å². The molecule has 0 aromatic heterocycles. The van der Waals surface area contributed by atoms with E-state index in [4.69, 9.17) is 0 Å². The lowest BCUT2D eigenvalue weighted by Gasteiger charge is -2.36. The summed E-state index contributed by atoms with van der Waals surface area (Å²) in [6.07, 6.45) is 6.14. The van der Waals surface area contributed by atoms with E-state index in [2.05, 4.69) is 74.2 Å². The van der Waals surface area contributed by atoms with E-state index in [1.807, 2.05) is 0 Å². The van der Waals surface area contributed by atoms with Gasteiger partial charge in [-0.25, -0.2) is 0 Å². The number of benzene rings is 2. The van der Waals surface area contributed by atoms with Crippen molar-refractivity contribution in [2.24, 2.45) is 11.3 Å². The van der Waals surface area contributed by atoms with Crippen LogP contribution in [0.1, 0.15) is 43.2 Å². The molecule has 0 N–H and O–H groups in total. The normalized spacial score (nSPS) is 24.7. The van der Waals surface area contributed by atoms with Gasteiger partial charge in [-0.15, -0.1) is 0 Å². The Labute approximate surface area is 210 Å². The molecule has 4 aliphatic rings. The summed E-state index contributed by atoms with van der Waals surface area (Å²) in [5.41, 5.74) is 4.46. The number of piperazine rings is 1. The Morgan fingerprint density at radius 2 is 1.31 bits per heavy atom. The Balaban J connectivity index is 0.947. The van der Waals surface area contributed by atoms with Gasteiger partial charge in [0.2, 0.25) is 5.91 Å². The van der Waals surface area contributed by atoms with Crippen molar-refractivity contribution in [2.75, 3.05) is 57.3 Å². The zero-order valence-electron chi connectivity index (χ0n) is 21.1. The van der Waals surface area contributed by atoms with Crippen molar-refractivity contribution in [1.29, 1.82) is 0 Å². The summed E-state index contributed by atoms with van der Waals surface area (Å²) in [6, 6.07) is 19.9. The van der Waals surface area contributed by atoms with Crippen molar-refractivity contribution in [3.05, 3.63) is 65.7 Å². The van der Waals surface area contributed by atoms with Crippen molar-refractivity contribution in [2.45, 2.75) is 45.2 Å². The Kier molecular flexibility index (Phi) is 6.55. The molecule has 1 atom stereocenters. The Hall–Kier alpha value is -2.37. The molecule has 3 aliphatic heterocycles. The van der Waals surface area contributed by atoms with E-state index in [-0.39, 0.29) is 5.92 Å². The number of amides is 1. The third-order valence-corrected chi connectivity index (χ3v) is 9.09. The summed E-state index contributed by atoms with van der Waals surface area (Å²) in [7, 11) is 0. The van der Waals surface area contributed by atoms with E-state index in [9.17, 15) is 4.79 Å². The van der Waals surface area contributed by atoms with Crippen molar-refractivity contribution < 1.29 is 4.79 Å². The molecule has 0 bridgehead atoms. The van der Waals surface area contributed by atoms with Gasteiger partial charge in [0, 0.05) is 64.0 Å².